The summed E-state index contributed by atoms with van der Waals surface area (Å²) < 4.78 is 7.22. The van der Waals surface area contributed by atoms with Gasteiger partial charge in [0.2, 0.25) is 5.91 Å². The third kappa shape index (κ3) is 3.82. The quantitative estimate of drug-likeness (QED) is 0.583. The fraction of sp³-hybridized carbons (Fsp3) is 0.375. The highest BCUT2D eigenvalue weighted by molar-refractivity contribution is 7.99. The maximum Gasteiger partial charge on any atom is 0.233 e. The predicted molar refractivity (Wildman–Crippen MR) is 91.6 cm³/mol. The number of carbonyl (C=O) groups excluding carboxylic acids is 1. The van der Waals surface area contributed by atoms with Crippen molar-refractivity contribution in [3.05, 3.63) is 37.2 Å². The van der Waals surface area contributed by atoms with Crippen LogP contribution in [0.1, 0.15) is 0 Å². The van der Waals surface area contributed by atoms with Crippen LogP contribution in [0.3, 0.4) is 0 Å². The molecule has 24 heavy (non-hydrogen) atoms. The Morgan fingerprint density at radius 1 is 1.38 bits per heavy atom. The SMILES string of the molecule is C=CCn1c(SCC(=O)N2CCOCC2)nnc1-c1cccnc1. The molecule has 1 fully saturated rings. The number of hydrogen-bond acceptors (Lipinski definition) is 6. The fourth-order valence-corrected chi connectivity index (χ4v) is 3.28. The van der Waals surface area contributed by atoms with E-state index in [1.54, 1.807) is 18.5 Å². The monoisotopic (exact) mass is 345 g/mol. The minimum atomic E-state index is 0.0966. The van der Waals surface area contributed by atoms with E-state index in [2.05, 4.69) is 21.8 Å². The van der Waals surface area contributed by atoms with E-state index in [1.807, 2.05) is 21.6 Å². The number of allylic oxidation sites excluding steroid dienone is 1. The molecule has 1 amide bonds. The van der Waals surface area contributed by atoms with Gasteiger partial charge in [0, 0.05) is 37.6 Å². The Morgan fingerprint density at radius 2 is 2.21 bits per heavy atom. The van der Waals surface area contributed by atoms with Gasteiger partial charge in [0.15, 0.2) is 11.0 Å². The van der Waals surface area contributed by atoms with Crippen molar-refractivity contribution in [2.45, 2.75) is 11.7 Å². The van der Waals surface area contributed by atoms with Crippen LogP contribution in [0.4, 0.5) is 0 Å². The van der Waals surface area contributed by atoms with Crippen molar-refractivity contribution in [1.29, 1.82) is 0 Å². The molecule has 0 aromatic carbocycles. The molecule has 8 heteroatoms. The van der Waals surface area contributed by atoms with Crippen LogP contribution in [0.5, 0.6) is 0 Å². The lowest BCUT2D eigenvalue weighted by Crippen LogP contribution is -2.41. The molecule has 1 aliphatic heterocycles. The standard InChI is InChI=1S/C16H19N5O2S/c1-2-6-21-15(13-4-3-5-17-11-13)18-19-16(21)24-12-14(22)20-7-9-23-10-8-20/h2-5,11H,1,6-10,12H2. The van der Waals surface area contributed by atoms with Crippen LogP contribution in [0.2, 0.25) is 0 Å². The Hall–Kier alpha value is -2.19. The van der Waals surface area contributed by atoms with Crippen LogP contribution in [-0.4, -0.2) is 62.6 Å². The number of aromatic nitrogens is 4. The highest BCUT2D eigenvalue weighted by atomic mass is 32.2. The molecule has 3 heterocycles. The second-order valence-electron chi connectivity index (χ2n) is 5.23. The topological polar surface area (TPSA) is 73.1 Å². The minimum Gasteiger partial charge on any atom is -0.378 e. The van der Waals surface area contributed by atoms with Gasteiger partial charge in [-0.1, -0.05) is 17.8 Å². The van der Waals surface area contributed by atoms with E-state index < -0.39 is 0 Å². The molecular formula is C16H19N5O2S. The van der Waals surface area contributed by atoms with E-state index in [4.69, 9.17) is 4.74 Å². The van der Waals surface area contributed by atoms with Gasteiger partial charge < -0.3 is 9.64 Å². The molecule has 2 aromatic heterocycles. The van der Waals surface area contributed by atoms with Crippen LogP contribution in [0, 0.1) is 0 Å². The van der Waals surface area contributed by atoms with E-state index in [0.717, 1.165) is 11.4 Å². The molecule has 0 unspecified atom stereocenters. The summed E-state index contributed by atoms with van der Waals surface area (Å²) in [5.74, 6) is 1.16. The van der Waals surface area contributed by atoms with Gasteiger partial charge in [-0.15, -0.1) is 16.8 Å². The zero-order valence-electron chi connectivity index (χ0n) is 13.3. The normalized spacial score (nSPS) is 14.6. The zero-order valence-corrected chi connectivity index (χ0v) is 14.1. The summed E-state index contributed by atoms with van der Waals surface area (Å²) in [5, 5.41) is 9.19. The van der Waals surface area contributed by atoms with E-state index in [0.29, 0.717) is 43.8 Å². The summed E-state index contributed by atoms with van der Waals surface area (Å²) in [6, 6.07) is 3.79. The maximum absolute atomic E-state index is 12.3. The number of hydrogen-bond donors (Lipinski definition) is 0. The Kier molecular flexibility index (Phi) is 5.60. The summed E-state index contributed by atoms with van der Waals surface area (Å²) in [6.45, 7) is 6.88. The van der Waals surface area contributed by atoms with Crippen LogP contribution < -0.4 is 0 Å². The lowest BCUT2D eigenvalue weighted by atomic mass is 10.3. The molecule has 0 radical (unpaired) electrons. The average molecular weight is 345 g/mol. The van der Waals surface area contributed by atoms with Crippen LogP contribution in [-0.2, 0) is 16.1 Å². The first-order valence-electron chi connectivity index (χ1n) is 7.72. The van der Waals surface area contributed by atoms with Crippen molar-refractivity contribution in [2.75, 3.05) is 32.1 Å². The number of rotatable bonds is 6. The van der Waals surface area contributed by atoms with E-state index in [9.17, 15) is 4.79 Å². The van der Waals surface area contributed by atoms with Crippen molar-refractivity contribution >= 4 is 17.7 Å². The van der Waals surface area contributed by atoms with Gasteiger partial charge in [-0.05, 0) is 12.1 Å². The second-order valence-corrected chi connectivity index (χ2v) is 6.17. The van der Waals surface area contributed by atoms with Gasteiger partial charge in [0.1, 0.15) is 0 Å². The number of amides is 1. The van der Waals surface area contributed by atoms with Crippen molar-refractivity contribution < 1.29 is 9.53 Å². The van der Waals surface area contributed by atoms with E-state index >= 15 is 0 Å². The summed E-state index contributed by atoms with van der Waals surface area (Å²) in [5.41, 5.74) is 0.887. The van der Waals surface area contributed by atoms with Gasteiger partial charge in [-0.25, -0.2) is 0 Å². The third-order valence-electron chi connectivity index (χ3n) is 3.64. The lowest BCUT2D eigenvalue weighted by molar-refractivity contribution is -0.132. The third-order valence-corrected chi connectivity index (χ3v) is 4.59. The zero-order chi connectivity index (χ0) is 16.8. The Balaban J connectivity index is 1.72. The number of pyridine rings is 1. The minimum absolute atomic E-state index is 0.0966. The molecule has 7 nitrogen and oxygen atoms in total. The van der Waals surface area contributed by atoms with Crippen molar-refractivity contribution in [3.63, 3.8) is 0 Å². The average Bonchev–Trinajstić information content (AvgIpc) is 3.04. The Labute approximate surface area is 144 Å². The number of ether oxygens (including phenoxy) is 1. The van der Waals surface area contributed by atoms with E-state index in [1.165, 1.54) is 11.8 Å². The molecule has 0 saturated carbocycles. The molecule has 0 bridgehead atoms. The van der Waals surface area contributed by atoms with Gasteiger partial charge in [0.05, 0.1) is 19.0 Å². The Bertz CT molecular complexity index is 698. The first kappa shape index (κ1) is 16.7. The summed E-state index contributed by atoms with van der Waals surface area (Å²) in [7, 11) is 0. The largest absolute Gasteiger partial charge is 0.378 e. The van der Waals surface area contributed by atoms with Crippen molar-refractivity contribution in [2.24, 2.45) is 0 Å². The molecule has 126 valence electrons. The molecule has 0 aliphatic carbocycles. The first-order chi connectivity index (χ1) is 11.8. The molecule has 0 atom stereocenters. The molecule has 1 saturated heterocycles. The van der Waals surface area contributed by atoms with Crippen molar-refractivity contribution in [3.8, 4) is 11.4 Å². The van der Waals surface area contributed by atoms with Gasteiger partial charge in [0.25, 0.3) is 0 Å². The number of morpholine rings is 1. The van der Waals surface area contributed by atoms with Gasteiger partial charge >= 0.3 is 0 Å². The molecule has 3 rings (SSSR count). The van der Waals surface area contributed by atoms with Gasteiger partial charge in [-0.3, -0.25) is 14.3 Å². The Morgan fingerprint density at radius 3 is 2.92 bits per heavy atom. The second kappa shape index (κ2) is 8.07. The fourth-order valence-electron chi connectivity index (χ4n) is 2.43. The smallest absolute Gasteiger partial charge is 0.233 e. The van der Waals surface area contributed by atoms with Crippen LogP contribution in [0.15, 0.2) is 42.3 Å². The predicted octanol–water partition coefficient (Wildman–Crippen LogP) is 1.48. The first-order valence-corrected chi connectivity index (χ1v) is 8.71. The lowest BCUT2D eigenvalue weighted by Gasteiger charge is -2.26. The van der Waals surface area contributed by atoms with Crippen molar-refractivity contribution in [1.82, 2.24) is 24.6 Å². The number of thioether (sulfide) groups is 1. The highest BCUT2D eigenvalue weighted by Gasteiger charge is 2.19. The van der Waals surface area contributed by atoms with Crippen LogP contribution in [0.25, 0.3) is 11.4 Å². The van der Waals surface area contributed by atoms with E-state index in [-0.39, 0.29) is 5.91 Å². The summed E-state index contributed by atoms with van der Waals surface area (Å²) >= 11 is 1.39. The number of carbonyl (C=O) groups is 1. The highest BCUT2D eigenvalue weighted by Crippen LogP contribution is 2.23. The summed E-state index contributed by atoms with van der Waals surface area (Å²) in [4.78, 5) is 18.2. The molecule has 0 N–H and O–H groups in total. The maximum atomic E-state index is 12.3. The molecular weight excluding hydrogens is 326 g/mol. The molecule has 2 aromatic rings. The molecule has 0 spiro atoms. The van der Waals surface area contributed by atoms with Gasteiger partial charge in [-0.2, -0.15) is 0 Å². The van der Waals surface area contributed by atoms with Crippen LogP contribution >= 0.6 is 11.8 Å². The summed E-state index contributed by atoms with van der Waals surface area (Å²) in [6.07, 6.45) is 5.25. The molecule has 1 aliphatic rings. The number of nitrogens with zero attached hydrogens (tertiary/aromatic N) is 5.